The third-order valence-electron chi connectivity index (χ3n) is 16.1. The first-order valence-corrected chi connectivity index (χ1v) is 23.7. The van der Waals surface area contributed by atoms with Gasteiger partial charge in [0.05, 0.1) is 0 Å². The normalized spacial score (nSPS) is 14.5. The zero-order chi connectivity index (χ0) is 44.5. The number of rotatable bonds is 2. The zero-order valence-electron chi connectivity index (χ0n) is 37.9. The van der Waals surface area contributed by atoms with E-state index in [1.165, 1.54) is 142 Å². The second kappa shape index (κ2) is 12.9. The van der Waals surface area contributed by atoms with E-state index < -0.39 is 0 Å². The smallest absolute Gasteiger partial charge is 0.144 e. The molecule has 0 unspecified atom stereocenters. The third-order valence-corrected chi connectivity index (χ3v) is 16.1. The van der Waals surface area contributed by atoms with Crippen molar-refractivity contribution < 1.29 is 4.42 Å². The highest BCUT2D eigenvalue weighted by atomic mass is 16.3. The van der Waals surface area contributed by atoms with Crippen LogP contribution in [0.4, 0.5) is 0 Å². The molecule has 0 spiro atoms. The molecule has 0 N–H and O–H groups in total. The summed E-state index contributed by atoms with van der Waals surface area (Å²) in [7, 11) is 0. The van der Waals surface area contributed by atoms with Crippen molar-refractivity contribution in [3.63, 3.8) is 0 Å². The van der Waals surface area contributed by atoms with Gasteiger partial charge in [0.2, 0.25) is 0 Å². The molecule has 1 aromatic heterocycles. The highest BCUT2D eigenvalue weighted by Crippen LogP contribution is 2.64. The van der Waals surface area contributed by atoms with E-state index >= 15 is 0 Å². The van der Waals surface area contributed by atoms with Crippen LogP contribution in [0, 0.1) is 0 Å². The number of benzene rings is 12. The van der Waals surface area contributed by atoms with Crippen LogP contribution >= 0.6 is 0 Å². The quantitative estimate of drug-likeness (QED) is 0.125. The fourth-order valence-electron chi connectivity index (χ4n) is 13.0. The summed E-state index contributed by atoms with van der Waals surface area (Å²) in [5.74, 6) is 0. The lowest BCUT2D eigenvalue weighted by Crippen LogP contribution is -2.24. The fraction of sp³-hybridized carbons (Fsp3) is 0.0909. The molecule has 0 amide bonds. The van der Waals surface area contributed by atoms with Crippen LogP contribution in [0.25, 0.3) is 131 Å². The topological polar surface area (TPSA) is 13.1 Å². The molecule has 0 aliphatic heterocycles. The predicted molar refractivity (Wildman–Crippen MR) is 285 cm³/mol. The van der Waals surface area contributed by atoms with Gasteiger partial charge in [-0.25, -0.2) is 0 Å². The minimum absolute atomic E-state index is 0.295. The van der Waals surface area contributed by atoms with Gasteiger partial charge < -0.3 is 4.42 Å². The average Bonchev–Trinajstić information content (AvgIpc) is 3.94. The summed E-state index contributed by atoms with van der Waals surface area (Å²) in [5, 5.41) is 17.8. The van der Waals surface area contributed by atoms with Crippen molar-refractivity contribution in [3.05, 3.63) is 216 Å². The Labute approximate surface area is 388 Å². The summed E-state index contributed by atoms with van der Waals surface area (Å²) in [6, 6.07) is 72.9. The molecule has 0 saturated carbocycles. The van der Waals surface area contributed by atoms with Crippen molar-refractivity contribution in [2.75, 3.05) is 0 Å². The fourth-order valence-corrected chi connectivity index (χ4v) is 13.0. The van der Waals surface area contributed by atoms with Crippen LogP contribution in [0.3, 0.4) is 0 Å². The summed E-state index contributed by atoms with van der Waals surface area (Å²) >= 11 is 0. The van der Waals surface area contributed by atoms with E-state index in [9.17, 15) is 0 Å². The molecule has 314 valence electrons. The van der Waals surface area contributed by atoms with E-state index in [2.05, 4.69) is 222 Å². The van der Waals surface area contributed by atoms with Gasteiger partial charge in [0, 0.05) is 27.2 Å². The van der Waals surface area contributed by atoms with Crippen LogP contribution in [-0.2, 0) is 10.8 Å². The van der Waals surface area contributed by atoms with Crippen molar-refractivity contribution >= 4 is 86.6 Å². The van der Waals surface area contributed by atoms with Gasteiger partial charge in [-0.05, 0) is 168 Å². The Balaban J connectivity index is 0.930. The SMILES string of the molecule is CC1(C)c2cc(-c3cccc4c3ccc3cc5ccccc5cc34)ccc2-c2c1c1c(c3c2oc2ccccc23)-c2ccc(-c3cccc4c3ccc3cc5ccccc5cc34)cc2C1(C)C. The number of furan rings is 1. The number of hydrogen-bond donors (Lipinski definition) is 0. The lowest BCUT2D eigenvalue weighted by atomic mass is 9.71. The second-order valence-electron chi connectivity index (χ2n) is 20.3. The van der Waals surface area contributed by atoms with Gasteiger partial charge in [-0.15, -0.1) is 0 Å². The van der Waals surface area contributed by atoms with Crippen LogP contribution in [0.2, 0.25) is 0 Å². The first-order chi connectivity index (χ1) is 32.7. The van der Waals surface area contributed by atoms with Gasteiger partial charge in [0.25, 0.3) is 0 Å². The molecule has 15 rings (SSSR count). The van der Waals surface area contributed by atoms with Crippen LogP contribution in [0.5, 0.6) is 0 Å². The maximum absolute atomic E-state index is 7.10. The minimum Gasteiger partial charge on any atom is -0.455 e. The summed E-state index contributed by atoms with van der Waals surface area (Å²) < 4.78 is 7.10. The first-order valence-electron chi connectivity index (χ1n) is 23.7. The van der Waals surface area contributed by atoms with Crippen molar-refractivity contribution in [2.24, 2.45) is 0 Å². The van der Waals surface area contributed by atoms with Crippen LogP contribution < -0.4 is 0 Å². The summed E-state index contributed by atoms with van der Waals surface area (Å²) in [6.07, 6.45) is 0. The van der Waals surface area contributed by atoms with Crippen molar-refractivity contribution in [3.8, 4) is 44.5 Å². The van der Waals surface area contributed by atoms with E-state index in [4.69, 9.17) is 4.42 Å². The molecule has 2 aliphatic rings. The van der Waals surface area contributed by atoms with E-state index in [1.54, 1.807) is 0 Å². The third kappa shape index (κ3) is 4.88. The number of hydrogen-bond acceptors (Lipinski definition) is 1. The van der Waals surface area contributed by atoms with E-state index in [1.807, 2.05) is 0 Å². The molecule has 0 saturated heterocycles. The van der Waals surface area contributed by atoms with Crippen molar-refractivity contribution in [2.45, 2.75) is 38.5 Å². The highest BCUT2D eigenvalue weighted by molar-refractivity contribution is 6.22. The summed E-state index contributed by atoms with van der Waals surface area (Å²) in [6.45, 7) is 9.83. The Morgan fingerprint density at radius 3 is 1.33 bits per heavy atom. The maximum atomic E-state index is 7.10. The van der Waals surface area contributed by atoms with Crippen LogP contribution in [0.15, 0.2) is 199 Å². The predicted octanol–water partition coefficient (Wildman–Crippen LogP) is 18.5. The molecular formula is C66H44O. The molecule has 1 heterocycles. The number of para-hydroxylation sites is 1. The van der Waals surface area contributed by atoms with Gasteiger partial charge >= 0.3 is 0 Å². The Bertz CT molecular complexity index is 4380. The van der Waals surface area contributed by atoms with Gasteiger partial charge in [-0.1, -0.05) is 179 Å². The maximum Gasteiger partial charge on any atom is 0.144 e. The molecule has 1 nitrogen and oxygen atoms in total. The van der Waals surface area contributed by atoms with Gasteiger partial charge in [0.1, 0.15) is 11.2 Å². The second-order valence-corrected chi connectivity index (χ2v) is 20.3. The van der Waals surface area contributed by atoms with Gasteiger partial charge in [-0.3, -0.25) is 0 Å². The Hall–Kier alpha value is -8.00. The molecule has 1 heteroatoms. The van der Waals surface area contributed by atoms with E-state index in [0.717, 1.165) is 11.2 Å². The summed E-state index contributed by atoms with van der Waals surface area (Å²) in [5.41, 5.74) is 17.0. The molecule has 13 aromatic rings. The Morgan fingerprint density at radius 1 is 0.313 bits per heavy atom. The lowest BCUT2D eigenvalue weighted by molar-refractivity contribution is 0.600. The molecule has 0 radical (unpaired) electrons. The monoisotopic (exact) mass is 852 g/mol. The summed E-state index contributed by atoms with van der Waals surface area (Å²) in [4.78, 5) is 0. The van der Waals surface area contributed by atoms with Crippen LogP contribution in [-0.4, -0.2) is 0 Å². The largest absolute Gasteiger partial charge is 0.455 e. The Morgan fingerprint density at radius 2 is 0.776 bits per heavy atom. The van der Waals surface area contributed by atoms with Gasteiger partial charge in [0.15, 0.2) is 0 Å². The lowest BCUT2D eigenvalue weighted by Gasteiger charge is -2.31. The molecule has 0 fully saturated rings. The minimum atomic E-state index is -0.308. The first kappa shape index (κ1) is 37.2. The van der Waals surface area contributed by atoms with Gasteiger partial charge in [-0.2, -0.15) is 0 Å². The molecule has 67 heavy (non-hydrogen) atoms. The molecule has 0 atom stereocenters. The van der Waals surface area contributed by atoms with E-state index in [0.29, 0.717) is 0 Å². The molecular weight excluding hydrogens is 809 g/mol. The number of fused-ring (bicyclic) bond motifs is 20. The van der Waals surface area contributed by atoms with Crippen molar-refractivity contribution in [1.82, 2.24) is 0 Å². The van der Waals surface area contributed by atoms with Crippen molar-refractivity contribution in [1.29, 1.82) is 0 Å². The average molecular weight is 853 g/mol. The molecule has 0 bridgehead atoms. The zero-order valence-corrected chi connectivity index (χ0v) is 37.9. The molecule has 12 aromatic carbocycles. The van der Waals surface area contributed by atoms with Crippen LogP contribution in [0.1, 0.15) is 49.9 Å². The highest BCUT2D eigenvalue weighted by Gasteiger charge is 2.48. The standard InChI is InChI=1S/C66H44O/c1-65(2)56-35-43(45-18-11-20-47-49(45)27-23-41-31-37-13-5-7-15-39(37)33-54(41)47)25-29-51(56)59-60-53-17-9-10-22-58(53)67-64(60)61-52-30-26-44(36-57(52)66(3,4)63(61)62(59)65)46-19-12-21-48-50(46)28-24-42-32-38-14-6-8-16-40(38)34-55(42)48/h5-36H,1-4H3. The van der Waals surface area contributed by atoms with E-state index in [-0.39, 0.29) is 10.8 Å². The molecule has 2 aliphatic carbocycles. The Kier molecular flexibility index (Phi) is 7.15.